The van der Waals surface area contributed by atoms with Crippen molar-refractivity contribution in [2.24, 2.45) is 0 Å². The molecule has 0 saturated heterocycles. The molecule has 7 heteroatoms. The molecule has 1 saturated carbocycles. The third kappa shape index (κ3) is 5.91. The summed E-state index contributed by atoms with van der Waals surface area (Å²) in [5.41, 5.74) is 1.57. The fourth-order valence-corrected chi connectivity index (χ4v) is 5.76. The van der Waals surface area contributed by atoms with Crippen molar-refractivity contribution < 1.29 is 13.2 Å². The quantitative estimate of drug-likeness (QED) is 0.648. The smallest absolute Gasteiger partial charge is 0.243 e. The summed E-state index contributed by atoms with van der Waals surface area (Å²) in [6.45, 7) is 4.35. The van der Waals surface area contributed by atoms with Crippen LogP contribution in [0.2, 0.25) is 0 Å². The van der Waals surface area contributed by atoms with Crippen molar-refractivity contribution in [2.45, 2.75) is 57.2 Å². The first-order valence-corrected chi connectivity index (χ1v) is 12.2. The van der Waals surface area contributed by atoms with Crippen LogP contribution in [0.4, 0.5) is 5.69 Å². The van der Waals surface area contributed by atoms with Crippen molar-refractivity contribution in [1.82, 2.24) is 5.32 Å². The fraction of sp³-hybridized carbons (Fsp3) is 0.632. The lowest BCUT2D eigenvalue weighted by molar-refractivity contribution is -0.122. The summed E-state index contributed by atoms with van der Waals surface area (Å²) in [6, 6.07) is 6.49. The number of nitrogens with zero attached hydrogens (tertiary/aromatic N) is 1. The molecule has 2 rings (SSSR count). The maximum Gasteiger partial charge on any atom is 0.243 e. The number of hydrogen-bond acceptors (Lipinski definition) is 4. The highest BCUT2D eigenvalue weighted by Gasteiger charge is 2.31. The van der Waals surface area contributed by atoms with E-state index in [1.165, 1.54) is 30.0 Å². The number of benzene rings is 1. The van der Waals surface area contributed by atoms with E-state index in [9.17, 15) is 13.2 Å². The molecule has 0 spiro atoms. The number of hydrogen-bond donors (Lipinski definition) is 1. The third-order valence-corrected chi connectivity index (χ3v) is 7.24. The number of nitrogens with one attached hydrogen (secondary N) is 1. The predicted octanol–water partition coefficient (Wildman–Crippen LogP) is 3.33. The molecular weight excluding hydrogens is 368 g/mol. The molecular formula is C19H30N2O3S2. The third-order valence-electron chi connectivity index (χ3n) is 4.68. The molecule has 1 amide bonds. The van der Waals surface area contributed by atoms with Crippen molar-refractivity contribution in [3.05, 3.63) is 29.8 Å². The molecule has 0 bridgehead atoms. The van der Waals surface area contributed by atoms with Crippen LogP contribution in [-0.4, -0.2) is 44.2 Å². The van der Waals surface area contributed by atoms with Crippen LogP contribution in [0.1, 0.15) is 44.6 Å². The number of rotatable bonds is 9. The van der Waals surface area contributed by atoms with Crippen LogP contribution in [0, 0.1) is 6.92 Å². The Bertz CT molecular complexity index is 683. The van der Waals surface area contributed by atoms with Gasteiger partial charge in [0, 0.05) is 17.5 Å². The monoisotopic (exact) mass is 398 g/mol. The predicted molar refractivity (Wildman–Crippen MR) is 110 cm³/mol. The number of carbonyl (C=O) groups excluding carboxylic acids is 1. The first-order chi connectivity index (χ1) is 12.3. The molecule has 1 atom stereocenters. The zero-order valence-electron chi connectivity index (χ0n) is 15.9. The van der Waals surface area contributed by atoms with Crippen molar-refractivity contribution in [2.75, 3.05) is 22.9 Å². The molecule has 1 N–H and O–H groups in total. The largest absolute Gasteiger partial charge is 0.353 e. The topological polar surface area (TPSA) is 66.5 Å². The molecule has 0 heterocycles. The van der Waals surface area contributed by atoms with E-state index in [0.29, 0.717) is 23.9 Å². The SMILES string of the molecule is CCC(C(=O)NCCSC1CCCC1)N(c1ccc(C)cc1)S(C)(=O)=O. The van der Waals surface area contributed by atoms with Gasteiger partial charge in [-0.05, 0) is 38.3 Å². The van der Waals surface area contributed by atoms with Gasteiger partial charge in [-0.15, -0.1) is 0 Å². The van der Waals surface area contributed by atoms with Crippen LogP contribution in [0.15, 0.2) is 24.3 Å². The first kappa shape index (κ1) is 21.1. The van der Waals surface area contributed by atoms with Gasteiger partial charge in [0.1, 0.15) is 6.04 Å². The number of amides is 1. The van der Waals surface area contributed by atoms with Crippen molar-refractivity contribution in [3.63, 3.8) is 0 Å². The Labute approximate surface area is 162 Å². The fourth-order valence-electron chi connectivity index (χ4n) is 3.32. The summed E-state index contributed by atoms with van der Waals surface area (Å²) >= 11 is 1.91. The van der Waals surface area contributed by atoms with Crippen LogP contribution in [0.5, 0.6) is 0 Å². The van der Waals surface area contributed by atoms with E-state index < -0.39 is 16.1 Å². The van der Waals surface area contributed by atoms with Gasteiger partial charge in [-0.25, -0.2) is 8.42 Å². The maximum absolute atomic E-state index is 12.7. The maximum atomic E-state index is 12.7. The molecule has 146 valence electrons. The second-order valence-corrected chi connectivity index (χ2v) is 10.2. The Morgan fingerprint density at radius 1 is 1.27 bits per heavy atom. The standard InChI is InChI=1S/C19H30N2O3S2/c1-4-18(19(22)20-13-14-25-17-7-5-6-8-17)21(26(3,23)24)16-11-9-15(2)10-12-16/h9-12,17-18H,4-8,13-14H2,1-3H3,(H,20,22). The van der Waals surface area contributed by atoms with Gasteiger partial charge in [-0.2, -0.15) is 11.8 Å². The molecule has 0 aromatic heterocycles. The summed E-state index contributed by atoms with van der Waals surface area (Å²) in [7, 11) is -3.56. The minimum absolute atomic E-state index is 0.231. The Balaban J connectivity index is 2.01. The van der Waals surface area contributed by atoms with Gasteiger partial charge in [-0.1, -0.05) is 37.5 Å². The van der Waals surface area contributed by atoms with E-state index in [4.69, 9.17) is 0 Å². The van der Waals surface area contributed by atoms with Crippen molar-refractivity contribution in [1.29, 1.82) is 0 Å². The Morgan fingerprint density at radius 2 is 1.88 bits per heavy atom. The molecule has 1 aromatic rings. The van der Waals surface area contributed by atoms with Gasteiger partial charge in [0.2, 0.25) is 15.9 Å². The number of sulfonamides is 1. The Morgan fingerprint density at radius 3 is 2.42 bits per heavy atom. The molecule has 1 aliphatic carbocycles. The molecule has 1 unspecified atom stereocenters. The molecule has 1 fully saturated rings. The van der Waals surface area contributed by atoms with E-state index >= 15 is 0 Å². The second-order valence-electron chi connectivity index (χ2n) is 6.89. The highest BCUT2D eigenvalue weighted by atomic mass is 32.2. The average molecular weight is 399 g/mol. The summed E-state index contributed by atoms with van der Waals surface area (Å²) in [4.78, 5) is 12.7. The van der Waals surface area contributed by atoms with Crippen LogP contribution in [0.3, 0.4) is 0 Å². The number of thioether (sulfide) groups is 1. The van der Waals surface area contributed by atoms with E-state index in [2.05, 4.69) is 5.32 Å². The molecule has 0 radical (unpaired) electrons. The van der Waals surface area contributed by atoms with Crippen LogP contribution < -0.4 is 9.62 Å². The summed E-state index contributed by atoms with van der Waals surface area (Å²) in [6.07, 6.45) is 6.72. The highest BCUT2D eigenvalue weighted by Crippen LogP contribution is 2.29. The Kier molecular flexibility index (Phi) is 7.83. The minimum Gasteiger partial charge on any atom is -0.353 e. The first-order valence-electron chi connectivity index (χ1n) is 9.28. The van der Waals surface area contributed by atoms with Gasteiger partial charge < -0.3 is 5.32 Å². The summed E-state index contributed by atoms with van der Waals surface area (Å²) in [5.74, 6) is 0.640. The van der Waals surface area contributed by atoms with E-state index in [1.807, 2.05) is 37.7 Å². The van der Waals surface area contributed by atoms with Gasteiger partial charge in [0.05, 0.1) is 11.9 Å². The van der Waals surface area contributed by atoms with Gasteiger partial charge in [-0.3, -0.25) is 9.10 Å². The normalized spacial score (nSPS) is 16.4. The van der Waals surface area contributed by atoms with E-state index in [-0.39, 0.29) is 5.91 Å². The lowest BCUT2D eigenvalue weighted by Crippen LogP contribution is -2.49. The van der Waals surface area contributed by atoms with E-state index in [0.717, 1.165) is 17.6 Å². The van der Waals surface area contributed by atoms with Crippen LogP contribution in [0.25, 0.3) is 0 Å². The second kappa shape index (κ2) is 9.65. The summed E-state index contributed by atoms with van der Waals surface area (Å²) in [5, 5.41) is 3.64. The number of anilines is 1. The van der Waals surface area contributed by atoms with Crippen LogP contribution >= 0.6 is 11.8 Å². The molecule has 1 aromatic carbocycles. The average Bonchev–Trinajstić information content (AvgIpc) is 3.10. The van der Waals surface area contributed by atoms with Gasteiger partial charge in [0.25, 0.3) is 0 Å². The van der Waals surface area contributed by atoms with Gasteiger partial charge >= 0.3 is 0 Å². The lowest BCUT2D eigenvalue weighted by Gasteiger charge is -2.30. The zero-order chi connectivity index (χ0) is 19.2. The zero-order valence-corrected chi connectivity index (χ0v) is 17.5. The molecule has 0 aliphatic heterocycles. The molecule has 26 heavy (non-hydrogen) atoms. The molecule has 1 aliphatic rings. The van der Waals surface area contributed by atoms with Crippen molar-refractivity contribution >= 4 is 33.4 Å². The lowest BCUT2D eigenvalue weighted by atomic mass is 10.1. The highest BCUT2D eigenvalue weighted by molar-refractivity contribution is 7.99. The molecule has 5 nitrogen and oxygen atoms in total. The van der Waals surface area contributed by atoms with Crippen LogP contribution in [-0.2, 0) is 14.8 Å². The summed E-state index contributed by atoms with van der Waals surface area (Å²) < 4.78 is 26.0. The van der Waals surface area contributed by atoms with Gasteiger partial charge in [0.15, 0.2) is 0 Å². The minimum atomic E-state index is -3.56. The van der Waals surface area contributed by atoms with E-state index in [1.54, 1.807) is 12.1 Å². The number of carbonyl (C=O) groups is 1. The number of aryl methyl sites for hydroxylation is 1. The van der Waals surface area contributed by atoms with Crippen molar-refractivity contribution in [3.8, 4) is 0 Å². The Hall–Kier alpha value is -1.21.